The van der Waals surface area contributed by atoms with Gasteiger partial charge in [0.1, 0.15) is 17.7 Å². The number of sulfone groups is 1. The highest BCUT2D eigenvalue weighted by molar-refractivity contribution is 7.90. The third-order valence-corrected chi connectivity index (χ3v) is 9.87. The van der Waals surface area contributed by atoms with Crippen LogP contribution in [0, 0.1) is 5.41 Å². The Morgan fingerprint density at radius 2 is 1.64 bits per heavy atom. The highest BCUT2D eigenvalue weighted by atomic mass is 35.5. The first-order chi connectivity index (χ1) is 21.4. The molecule has 6 rings (SSSR count). The molecular weight excluding hydrogens is 653 g/mol. The third-order valence-electron chi connectivity index (χ3n) is 7.18. The smallest absolute Gasteiger partial charge is 0.300 e. The summed E-state index contributed by atoms with van der Waals surface area (Å²) in [7, 11) is -7.07. The van der Waals surface area contributed by atoms with Crippen molar-refractivity contribution in [2.45, 2.75) is 10.9 Å². The number of amidine groups is 1. The monoisotopic (exact) mass is 677 g/mol. The molecule has 3 N–H and O–H groups in total. The molecule has 1 aliphatic rings. The van der Waals surface area contributed by atoms with E-state index in [1.165, 1.54) is 6.26 Å². The van der Waals surface area contributed by atoms with Crippen LogP contribution in [-0.4, -0.2) is 38.5 Å². The van der Waals surface area contributed by atoms with Crippen LogP contribution in [0.25, 0.3) is 40.2 Å². The molecule has 0 bridgehead atoms. The molecule has 0 spiro atoms. The molecule has 228 valence electrons. The normalized spacial score (nSPS) is 16.2. The fourth-order valence-electron chi connectivity index (χ4n) is 4.92. The van der Waals surface area contributed by atoms with E-state index in [1.54, 1.807) is 48.5 Å². The molecule has 0 radical (unpaired) electrons. The van der Waals surface area contributed by atoms with E-state index in [2.05, 4.69) is 9.44 Å². The van der Waals surface area contributed by atoms with Gasteiger partial charge in [0.2, 0.25) is 0 Å². The van der Waals surface area contributed by atoms with Crippen LogP contribution in [-0.2, 0) is 20.0 Å². The molecular formula is C32H25Cl2N5O4S2. The second-order valence-corrected chi connectivity index (χ2v) is 14.7. The molecule has 45 heavy (non-hydrogen) atoms. The molecule has 2 heterocycles. The standard InChI is InChI=1S/C32H25Cl2N5O4S2/c1-44(40,41)26-4-2-3-23(17-26)21-8-5-20(6-9-21)7-16-30-36-29(27-15-12-24(33)18-28(27)34)19-39(30)25-13-10-22(11-14-25)31-32(35)38-45(42,43)37-31/h2-19,31,37H,1H3,(H2,35,38)/b16-7+. The van der Waals surface area contributed by atoms with Crippen LogP contribution in [0.3, 0.4) is 0 Å². The first kappa shape index (κ1) is 30.8. The van der Waals surface area contributed by atoms with Crippen LogP contribution in [0.2, 0.25) is 10.0 Å². The summed E-state index contributed by atoms with van der Waals surface area (Å²) < 4.78 is 54.1. The molecule has 0 saturated carbocycles. The van der Waals surface area contributed by atoms with Crippen molar-refractivity contribution in [3.8, 4) is 28.1 Å². The van der Waals surface area contributed by atoms with Gasteiger partial charge in [-0.1, -0.05) is 77.8 Å². The summed E-state index contributed by atoms with van der Waals surface area (Å²) >= 11 is 12.6. The van der Waals surface area contributed by atoms with E-state index >= 15 is 0 Å². The van der Waals surface area contributed by atoms with Gasteiger partial charge in [-0.3, -0.25) is 14.7 Å². The van der Waals surface area contributed by atoms with Crippen LogP contribution in [0.1, 0.15) is 23.0 Å². The lowest BCUT2D eigenvalue weighted by Crippen LogP contribution is -2.24. The predicted molar refractivity (Wildman–Crippen MR) is 179 cm³/mol. The van der Waals surface area contributed by atoms with Crippen molar-refractivity contribution in [3.63, 3.8) is 0 Å². The minimum atomic E-state index is -3.75. The van der Waals surface area contributed by atoms with Gasteiger partial charge >= 0.3 is 10.2 Å². The lowest BCUT2D eigenvalue weighted by Gasteiger charge is -2.10. The Balaban J connectivity index is 1.33. The average Bonchev–Trinajstić information content (AvgIpc) is 3.55. The van der Waals surface area contributed by atoms with E-state index in [0.717, 1.165) is 22.4 Å². The Morgan fingerprint density at radius 3 is 2.29 bits per heavy atom. The van der Waals surface area contributed by atoms with Crippen LogP contribution >= 0.6 is 23.2 Å². The number of hydrogen-bond acceptors (Lipinski definition) is 6. The maximum Gasteiger partial charge on any atom is 0.301 e. The maximum absolute atomic E-state index is 12.0. The molecule has 1 saturated heterocycles. The molecule has 0 aliphatic carbocycles. The minimum Gasteiger partial charge on any atom is -0.300 e. The van der Waals surface area contributed by atoms with E-state index in [4.69, 9.17) is 33.6 Å². The molecule has 4 aromatic carbocycles. The van der Waals surface area contributed by atoms with Gasteiger partial charge in [0.25, 0.3) is 0 Å². The zero-order valence-electron chi connectivity index (χ0n) is 23.6. The maximum atomic E-state index is 12.0. The quantitative estimate of drug-likeness (QED) is 0.180. The van der Waals surface area contributed by atoms with Crippen LogP contribution in [0.5, 0.6) is 0 Å². The van der Waals surface area contributed by atoms with E-state index in [9.17, 15) is 16.8 Å². The number of rotatable bonds is 7. The highest BCUT2D eigenvalue weighted by Crippen LogP contribution is 2.32. The van der Waals surface area contributed by atoms with E-state index in [-0.39, 0.29) is 10.7 Å². The lowest BCUT2D eigenvalue weighted by atomic mass is 10.0. The summed E-state index contributed by atoms with van der Waals surface area (Å²) in [6, 6.07) is 26.1. The molecule has 0 amide bonds. The van der Waals surface area contributed by atoms with Gasteiger partial charge < -0.3 is 0 Å². The van der Waals surface area contributed by atoms with Gasteiger partial charge in [0, 0.05) is 28.7 Å². The second-order valence-electron chi connectivity index (χ2n) is 10.4. The van der Waals surface area contributed by atoms with Crippen LogP contribution in [0.4, 0.5) is 0 Å². The van der Waals surface area contributed by atoms with Gasteiger partial charge in [-0.2, -0.15) is 13.1 Å². The fraction of sp³-hybridized carbons (Fsp3) is 0.0625. The van der Waals surface area contributed by atoms with E-state index in [1.807, 2.05) is 65.4 Å². The molecule has 1 unspecified atom stereocenters. The number of nitrogens with one attached hydrogen (secondary N) is 3. The van der Waals surface area contributed by atoms with Gasteiger partial charge in [-0.05, 0) is 70.8 Å². The Bertz CT molecular complexity index is 2200. The molecule has 9 nitrogen and oxygen atoms in total. The Hall–Kier alpha value is -4.26. The van der Waals surface area contributed by atoms with Gasteiger partial charge in [0.05, 0.1) is 15.6 Å². The SMILES string of the molecule is CS(=O)(=O)c1cccc(-c2ccc(/C=C/c3nc(-c4ccc(Cl)cc4Cl)cn3-c3ccc(C4NS(=O)(=O)NC4=N)cc3)cc2)c1. The molecule has 13 heteroatoms. The number of benzene rings is 4. The highest BCUT2D eigenvalue weighted by Gasteiger charge is 2.32. The van der Waals surface area contributed by atoms with Crippen LogP contribution in [0.15, 0.2) is 102 Å². The molecule has 1 atom stereocenters. The van der Waals surface area contributed by atoms with Crippen molar-refractivity contribution in [2.75, 3.05) is 6.26 Å². The Morgan fingerprint density at radius 1 is 0.911 bits per heavy atom. The summed E-state index contributed by atoms with van der Waals surface area (Å²) in [6.45, 7) is 0. The number of halogens is 2. The minimum absolute atomic E-state index is 0.150. The summed E-state index contributed by atoms with van der Waals surface area (Å²) in [5.74, 6) is 0.451. The van der Waals surface area contributed by atoms with Crippen molar-refractivity contribution in [2.24, 2.45) is 0 Å². The van der Waals surface area contributed by atoms with Crippen LogP contribution < -0.4 is 9.44 Å². The van der Waals surface area contributed by atoms with E-state index < -0.39 is 26.1 Å². The lowest BCUT2D eigenvalue weighted by molar-refractivity contribution is 0.583. The van der Waals surface area contributed by atoms with Gasteiger partial charge in [-0.15, -0.1) is 0 Å². The summed E-state index contributed by atoms with van der Waals surface area (Å²) in [6.07, 6.45) is 6.82. The third kappa shape index (κ3) is 6.73. The molecule has 1 fully saturated rings. The second kappa shape index (κ2) is 11.9. The number of imidazole rings is 1. The van der Waals surface area contributed by atoms with Crippen molar-refractivity contribution in [1.82, 2.24) is 19.0 Å². The number of hydrogen-bond donors (Lipinski definition) is 3. The topological polar surface area (TPSA) is 134 Å². The number of nitrogens with zero attached hydrogens (tertiary/aromatic N) is 2. The molecule has 1 aromatic heterocycles. The Labute approximate surface area is 270 Å². The molecule has 1 aliphatic heterocycles. The van der Waals surface area contributed by atoms with Crippen molar-refractivity contribution < 1.29 is 16.8 Å². The first-order valence-corrected chi connectivity index (χ1v) is 17.6. The first-order valence-electron chi connectivity index (χ1n) is 13.5. The van der Waals surface area contributed by atoms with Crippen molar-refractivity contribution >= 4 is 61.2 Å². The zero-order valence-corrected chi connectivity index (χ0v) is 26.7. The predicted octanol–water partition coefficient (Wildman–Crippen LogP) is 6.54. The van der Waals surface area contributed by atoms with E-state index in [0.29, 0.717) is 32.7 Å². The largest absolute Gasteiger partial charge is 0.301 e. The summed E-state index contributed by atoms with van der Waals surface area (Å²) in [5.41, 5.74) is 5.26. The molecule has 5 aromatic rings. The summed E-state index contributed by atoms with van der Waals surface area (Å²) in [5, 5.41) is 8.95. The number of aromatic nitrogens is 2. The average molecular weight is 679 g/mol. The zero-order chi connectivity index (χ0) is 31.9. The van der Waals surface area contributed by atoms with Gasteiger partial charge in [0.15, 0.2) is 9.84 Å². The van der Waals surface area contributed by atoms with Gasteiger partial charge in [-0.25, -0.2) is 13.4 Å². The fourth-order valence-corrected chi connectivity index (χ4v) is 7.12. The Kier molecular flexibility index (Phi) is 8.14. The van der Waals surface area contributed by atoms with Crippen molar-refractivity contribution in [1.29, 1.82) is 5.41 Å². The van der Waals surface area contributed by atoms with Crippen molar-refractivity contribution in [3.05, 3.63) is 124 Å². The summed E-state index contributed by atoms with van der Waals surface area (Å²) in [4.78, 5) is 5.11.